The maximum absolute atomic E-state index is 13.7. The SMILES string of the molecule is CC(=O)c1cccc(F)c1Sc1nccc(=O)[nH]1. The molecule has 0 aliphatic heterocycles. The number of nitrogens with one attached hydrogen (secondary N) is 1. The number of halogens is 1. The van der Waals surface area contributed by atoms with Crippen molar-refractivity contribution in [3.63, 3.8) is 0 Å². The molecule has 0 bridgehead atoms. The Morgan fingerprint density at radius 3 is 2.83 bits per heavy atom. The van der Waals surface area contributed by atoms with Gasteiger partial charge in [0.1, 0.15) is 5.82 Å². The Morgan fingerprint density at radius 1 is 1.39 bits per heavy atom. The Balaban J connectivity index is 2.45. The van der Waals surface area contributed by atoms with Crippen LogP contribution in [0.3, 0.4) is 0 Å². The van der Waals surface area contributed by atoms with Crippen LogP contribution < -0.4 is 5.56 Å². The predicted molar refractivity (Wildman–Crippen MR) is 65.4 cm³/mol. The molecule has 4 nitrogen and oxygen atoms in total. The van der Waals surface area contributed by atoms with Gasteiger partial charge in [0.25, 0.3) is 5.56 Å². The summed E-state index contributed by atoms with van der Waals surface area (Å²) in [6.45, 7) is 1.36. The molecule has 0 fully saturated rings. The van der Waals surface area contributed by atoms with Crippen LogP contribution in [0.15, 0.2) is 45.3 Å². The standard InChI is InChI=1S/C12H9FN2O2S/c1-7(16)8-3-2-4-9(13)11(8)18-12-14-6-5-10(17)15-12/h2-6H,1H3,(H,14,15,17). The van der Waals surface area contributed by atoms with Crippen LogP contribution in [0.1, 0.15) is 17.3 Å². The quantitative estimate of drug-likeness (QED) is 0.682. The summed E-state index contributed by atoms with van der Waals surface area (Å²) in [5.41, 5.74) is -0.0558. The van der Waals surface area contributed by atoms with Gasteiger partial charge in [0.15, 0.2) is 10.9 Å². The molecule has 1 heterocycles. The largest absolute Gasteiger partial charge is 0.301 e. The molecule has 0 aliphatic carbocycles. The van der Waals surface area contributed by atoms with E-state index in [1.807, 2.05) is 0 Å². The third-order valence-corrected chi connectivity index (χ3v) is 3.21. The van der Waals surface area contributed by atoms with Crippen LogP contribution in [-0.4, -0.2) is 15.8 Å². The van der Waals surface area contributed by atoms with Crippen molar-refractivity contribution >= 4 is 17.5 Å². The molecule has 0 saturated heterocycles. The highest BCUT2D eigenvalue weighted by atomic mass is 32.2. The van der Waals surface area contributed by atoms with E-state index < -0.39 is 5.82 Å². The average Bonchev–Trinajstić information content (AvgIpc) is 2.31. The molecule has 0 atom stereocenters. The van der Waals surface area contributed by atoms with Crippen molar-refractivity contribution in [2.75, 3.05) is 0 Å². The Morgan fingerprint density at radius 2 is 2.17 bits per heavy atom. The van der Waals surface area contributed by atoms with Gasteiger partial charge in [0.05, 0.1) is 4.90 Å². The van der Waals surface area contributed by atoms with Crippen LogP contribution in [0.25, 0.3) is 0 Å². The number of hydrogen-bond acceptors (Lipinski definition) is 4. The number of H-pyrrole nitrogens is 1. The number of rotatable bonds is 3. The lowest BCUT2D eigenvalue weighted by Gasteiger charge is -2.06. The minimum atomic E-state index is -0.515. The number of carbonyl (C=O) groups excluding carboxylic acids is 1. The van der Waals surface area contributed by atoms with Crippen molar-refractivity contribution < 1.29 is 9.18 Å². The second kappa shape index (κ2) is 5.14. The molecular weight excluding hydrogens is 255 g/mol. The number of aromatic nitrogens is 2. The van der Waals surface area contributed by atoms with Crippen LogP contribution in [0.4, 0.5) is 4.39 Å². The normalized spacial score (nSPS) is 10.3. The number of ketones is 1. The van der Waals surface area contributed by atoms with Crippen molar-refractivity contribution in [2.24, 2.45) is 0 Å². The van der Waals surface area contributed by atoms with Gasteiger partial charge >= 0.3 is 0 Å². The molecule has 0 saturated carbocycles. The third kappa shape index (κ3) is 2.65. The fourth-order valence-electron chi connectivity index (χ4n) is 1.39. The molecule has 1 N–H and O–H groups in total. The average molecular weight is 264 g/mol. The van der Waals surface area contributed by atoms with E-state index in [1.165, 1.54) is 37.4 Å². The highest BCUT2D eigenvalue weighted by Gasteiger charge is 2.14. The Hall–Kier alpha value is -1.95. The van der Waals surface area contributed by atoms with Gasteiger partial charge in [-0.3, -0.25) is 9.59 Å². The molecule has 0 radical (unpaired) electrons. The number of Topliss-reactive ketones (excluding diaryl/α,β-unsaturated/α-hetero) is 1. The first-order chi connectivity index (χ1) is 8.58. The Labute approximate surface area is 106 Å². The lowest BCUT2D eigenvalue weighted by atomic mass is 10.1. The topological polar surface area (TPSA) is 62.8 Å². The number of hydrogen-bond donors (Lipinski definition) is 1. The molecule has 1 aromatic carbocycles. The van der Waals surface area contributed by atoms with Gasteiger partial charge in [0.2, 0.25) is 0 Å². The minimum absolute atomic E-state index is 0.166. The molecule has 0 aliphatic rings. The van der Waals surface area contributed by atoms with Crippen molar-refractivity contribution in [1.82, 2.24) is 9.97 Å². The van der Waals surface area contributed by atoms with Crippen LogP contribution >= 0.6 is 11.8 Å². The van der Waals surface area contributed by atoms with Gasteiger partial charge in [-0.15, -0.1) is 0 Å². The van der Waals surface area contributed by atoms with E-state index >= 15 is 0 Å². The molecule has 0 spiro atoms. The molecule has 2 aromatic rings. The molecule has 0 amide bonds. The molecule has 2 rings (SSSR count). The van der Waals surface area contributed by atoms with E-state index in [9.17, 15) is 14.0 Å². The highest BCUT2D eigenvalue weighted by molar-refractivity contribution is 7.99. The van der Waals surface area contributed by atoms with Gasteiger partial charge in [-0.05, 0) is 24.8 Å². The third-order valence-electron chi connectivity index (χ3n) is 2.19. The van der Waals surface area contributed by atoms with Crippen LogP contribution in [-0.2, 0) is 0 Å². The summed E-state index contributed by atoms with van der Waals surface area (Å²) in [5.74, 6) is -0.755. The first kappa shape index (κ1) is 12.5. The van der Waals surface area contributed by atoms with Crippen LogP contribution in [0.2, 0.25) is 0 Å². The summed E-state index contributed by atoms with van der Waals surface area (Å²) in [4.78, 5) is 29.1. The van der Waals surface area contributed by atoms with Gasteiger partial charge in [-0.2, -0.15) is 0 Å². The zero-order chi connectivity index (χ0) is 13.1. The van der Waals surface area contributed by atoms with E-state index in [0.29, 0.717) is 0 Å². The van der Waals surface area contributed by atoms with E-state index in [1.54, 1.807) is 0 Å². The summed E-state index contributed by atoms with van der Waals surface area (Å²) in [5, 5.41) is 0.245. The molecular formula is C12H9FN2O2S. The summed E-state index contributed by atoms with van der Waals surface area (Å²) in [6.07, 6.45) is 1.33. The highest BCUT2D eigenvalue weighted by Crippen LogP contribution is 2.30. The summed E-state index contributed by atoms with van der Waals surface area (Å²) in [6, 6.07) is 5.53. The summed E-state index contributed by atoms with van der Waals surface area (Å²) in [7, 11) is 0. The monoisotopic (exact) mass is 264 g/mol. The van der Waals surface area contributed by atoms with Gasteiger partial charge < -0.3 is 4.98 Å². The van der Waals surface area contributed by atoms with Gasteiger partial charge in [-0.1, -0.05) is 12.1 Å². The first-order valence-electron chi connectivity index (χ1n) is 5.10. The number of carbonyl (C=O) groups is 1. The first-order valence-corrected chi connectivity index (χ1v) is 5.92. The maximum atomic E-state index is 13.7. The second-order valence-electron chi connectivity index (χ2n) is 3.51. The van der Waals surface area contributed by atoms with Crippen molar-refractivity contribution in [1.29, 1.82) is 0 Å². The second-order valence-corrected chi connectivity index (χ2v) is 4.51. The van der Waals surface area contributed by atoms with Crippen molar-refractivity contribution in [3.8, 4) is 0 Å². The number of aromatic amines is 1. The summed E-state index contributed by atoms with van der Waals surface area (Å²) < 4.78 is 13.7. The van der Waals surface area contributed by atoms with Gasteiger partial charge in [-0.25, -0.2) is 9.37 Å². The fraction of sp³-hybridized carbons (Fsp3) is 0.0833. The van der Waals surface area contributed by atoms with E-state index in [4.69, 9.17) is 0 Å². The maximum Gasteiger partial charge on any atom is 0.251 e. The molecule has 6 heteroatoms. The summed E-state index contributed by atoms with van der Waals surface area (Å²) >= 11 is 0.921. The number of benzene rings is 1. The fourth-order valence-corrected chi connectivity index (χ4v) is 2.34. The predicted octanol–water partition coefficient (Wildman–Crippen LogP) is 2.26. The Kier molecular flexibility index (Phi) is 3.57. The minimum Gasteiger partial charge on any atom is -0.301 e. The van der Waals surface area contributed by atoms with Crippen molar-refractivity contribution in [2.45, 2.75) is 17.0 Å². The van der Waals surface area contributed by atoms with E-state index in [-0.39, 0.29) is 27.0 Å². The lowest BCUT2D eigenvalue weighted by Crippen LogP contribution is -2.06. The van der Waals surface area contributed by atoms with E-state index in [0.717, 1.165) is 11.8 Å². The molecule has 1 aromatic heterocycles. The van der Waals surface area contributed by atoms with Crippen molar-refractivity contribution in [3.05, 3.63) is 52.2 Å². The molecule has 92 valence electrons. The van der Waals surface area contributed by atoms with Crippen LogP contribution in [0, 0.1) is 5.82 Å². The molecule has 0 unspecified atom stereocenters. The van der Waals surface area contributed by atoms with Crippen LogP contribution in [0.5, 0.6) is 0 Å². The lowest BCUT2D eigenvalue weighted by molar-refractivity contribution is 0.101. The zero-order valence-electron chi connectivity index (χ0n) is 9.44. The van der Waals surface area contributed by atoms with Gasteiger partial charge in [0, 0.05) is 17.8 Å². The molecule has 18 heavy (non-hydrogen) atoms. The number of nitrogens with zero attached hydrogens (tertiary/aromatic N) is 1. The smallest absolute Gasteiger partial charge is 0.251 e. The van der Waals surface area contributed by atoms with E-state index in [2.05, 4.69) is 9.97 Å². The zero-order valence-corrected chi connectivity index (χ0v) is 10.3. The Bertz CT molecular complexity index is 655.